The Morgan fingerprint density at radius 3 is 2.73 bits per heavy atom. The summed E-state index contributed by atoms with van der Waals surface area (Å²) in [5.74, 6) is 0.957. The first-order chi connectivity index (χ1) is 7.20. The van der Waals surface area contributed by atoms with Gasteiger partial charge in [-0.05, 0) is 28.1 Å². The van der Waals surface area contributed by atoms with Gasteiger partial charge in [0, 0.05) is 13.0 Å². The molecule has 82 valence electrons. The van der Waals surface area contributed by atoms with Crippen LogP contribution in [0.25, 0.3) is 0 Å². The van der Waals surface area contributed by atoms with Gasteiger partial charge >= 0.3 is 0 Å². The number of guanidine groups is 1. The predicted molar refractivity (Wildman–Crippen MR) is 64.9 cm³/mol. The first kappa shape index (κ1) is 11.8. The van der Waals surface area contributed by atoms with Gasteiger partial charge in [-0.25, -0.2) is 0 Å². The third kappa shape index (κ3) is 4.69. The summed E-state index contributed by atoms with van der Waals surface area (Å²) in [5, 5.41) is 0. The predicted octanol–water partition coefficient (Wildman–Crippen LogP) is 1.49. The molecular weight excluding hydrogens is 258 g/mol. The highest BCUT2D eigenvalue weighted by molar-refractivity contribution is 9.10. The number of halogens is 1. The van der Waals surface area contributed by atoms with Crippen molar-refractivity contribution in [3.63, 3.8) is 0 Å². The van der Waals surface area contributed by atoms with Crippen LogP contribution < -0.4 is 16.2 Å². The van der Waals surface area contributed by atoms with Crippen LogP contribution in [0.15, 0.2) is 33.7 Å². The Bertz CT molecular complexity index is 337. The van der Waals surface area contributed by atoms with E-state index in [1.807, 2.05) is 24.3 Å². The number of benzene rings is 1. The maximum Gasteiger partial charge on any atom is 0.185 e. The Morgan fingerprint density at radius 2 is 2.07 bits per heavy atom. The SMILES string of the molecule is NC(N)=NCCCOc1ccccc1Br. The molecule has 0 aliphatic rings. The summed E-state index contributed by atoms with van der Waals surface area (Å²) in [5.41, 5.74) is 10.4. The van der Waals surface area contributed by atoms with E-state index in [1.54, 1.807) is 0 Å². The minimum absolute atomic E-state index is 0.121. The van der Waals surface area contributed by atoms with Gasteiger partial charge < -0.3 is 16.2 Å². The zero-order chi connectivity index (χ0) is 11.1. The molecule has 0 amide bonds. The van der Waals surface area contributed by atoms with Gasteiger partial charge in [0.1, 0.15) is 5.75 Å². The van der Waals surface area contributed by atoms with Crippen LogP contribution in [-0.4, -0.2) is 19.1 Å². The lowest BCUT2D eigenvalue weighted by Crippen LogP contribution is -2.23. The van der Waals surface area contributed by atoms with E-state index in [4.69, 9.17) is 16.2 Å². The number of para-hydroxylation sites is 1. The number of rotatable bonds is 5. The molecule has 0 heterocycles. The maximum absolute atomic E-state index is 5.52. The Balaban J connectivity index is 2.26. The Kier molecular flexibility index (Phi) is 4.97. The van der Waals surface area contributed by atoms with Crippen LogP contribution in [0.4, 0.5) is 0 Å². The number of hydrogen-bond donors (Lipinski definition) is 2. The van der Waals surface area contributed by atoms with Crippen LogP contribution in [0, 0.1) is 0 Å². The number of hydrogen-bond acceptors (Lipinski definition) is 2. The molecule has 0 saturated carbocycles. The van der Waals surface area contributed by atoms with E-state index in [9.17, 15) is 0 Å². The van der Waals surface area contributed by atoms with Crippen LogP contribution in [0.1, 0.15) is 6.42 Å². The summed E-state index contributed by atoms with van der Waals surface area (Å²) in [6.07, 6.45) is 0.791. The molecule has 1 aromatic carbocycles. The lowest BCUT2D eigenvalue weighted by molar-refractivity contribution is 0.311. The molecule has 0 aliphatic carbocycles. The van der Waals surface area contributed by atoms with Crippen LogP contribution in [0.3, 0.4) is 0 Å². The second kappa shape index (κ2) is 6.29. The molecule has 0 aromatic heterocycles. The average molecular weight is 272 g/mol. The molecule has 0 saturated heterocycles. The minimum Gasteiger partial charge on any atom is -0.492 e. The fourth-order valence-electron chi connectivity index (χ4n) is 1.02. The molecule has 0 unspecified atom stereocenters. The molecular formula is C10H14BrN3O. The van der Waals surface area contributed by atoms with E-state index in [1.165, 1.54) is 0 Å². The van der Waals surface area contributed by atoms with Gasteiger partial charge in [0.2, 0.25) is 0 Å². The molecule has 4 nitrogen and oxygen atoms in total. The summed E-state index contributed by atoms with van der Waals surface area (Å²) in [6, 6.07) is 7.71. The normalized spacial score (nSPS) is 9.67. The number of ether oxygens (including phenoxy) is 1. The highest BCUT2D eigenvalue weighted by atomic mass is 79.9. The Labute approximate surface area is 97.4 Å². The van der Waals surface area contributed by atoms with E-state index in [0.717, 1.165) is 16.6 Å². The van der Waals surface area contributed by atoms with Crippen molar-refractivity contribution in [3.8, 4) is 5.75 Å². The van der Waals surface area contributed by atoms with E-state index in [0.29, 0.717) is 13.2 Å². The number of nitrogens with zero attached hydrogens (tertiary/aromatic N) is 1. The molecule has 15 heavy (non-hydrogen) atoms. The average Bonchev–Trinajstić information content (AvgIpc) is 2.20. The van der Waals surface area contributed by atoms with Crippen LogP contribution in [0.2, 0.25) is 0 Å². The fraction of sp³-hybridized carbons (Fsp3) is 0.300. The van der Waals surface area contributed by atoms with Crippen LogP contribution in [0.5, 0.6) is 5.75 Å². The molecule has 4 N–H and O–H groups in total. The first-order valence-corrected chi connectivity index (χ1v) is 5.42. The summed E-state index contributed by atoms with van der Waals surface area (Å²) in [6.45, 7) is 1.19. The molecule has 0 spiro atoms. The number of nitrogens with two attached hydrogens (primary N) is 2. The van der Waals surface area contributed by atoms with Gasteiger partial charge in [-0.2, -0.15) is 0 Å². The Hall–Kier alpha value is -1.23. The zero-order valence-electron chi connectivity index (χ0n) is 8.32. The van der Waals surface area contributed by atoms with E-state index < -0.39 is 0 Å². The minimum atomic E-state index is 0.121. The van der Waals surface area contributed by atoms with Crippen molar-refractivity contribution in [2.45, 2.75) is 6.42 Å². The van der Waals surface area contributed by atoms with Crippen molar-refractivity contribution in [3.05, 3.63) is 28.7 Å². The van der Waals surface area contributed by atoms with Gasteiger partial charge in [0.05, 0.1) is 11.1 Å². The molecule has 0 bridgehead atoms. The van der Waals surface area contributed by atoms with Gasteiger partial charge in [-0.15, -0.1) is 0 Å². The van der Waals surface area contributed by atoms with Gasteiger partial charge in [-0.1, -0.05) is 12.1 Å². The first-order valence-electron chi connectivity index (χ1n) is 4.63. The third-order valence-electron chi connectivity index (χ3n) is 1.69. The van der Waals surface area contributed by atoms with E-state index >= 15 is 0 Å². The van der Waals surface area contributed by atoms with Gasteiger partial charge in [-0.3, -0.25) is 4.99 Å². The topological polar surface area (TPSA) is 73.6 Å². The van der Waals surface area contributed by atoms with E-state index in [2.05, 4.69) is 20.9 Å². The van der Waals surface area contributed by atoms with Gasteiger partial charge in [0.25, 0.3) is 0 Å². The van der Waals surface area contributed by atoms with Crippen LogP contribution in [-0.2, 0) is 0 Å². The van der Waals surface area contributed by atoms with Crippen molar-refractivity contribution in [2.24, 2.45) is 16.5 Å². The van der Waals surface area contributed by atoms with Crippen molar-refractivity contribution in [2.75, 3.05) is 13.2 Å². The maximum atomic E-state index is 5.52. The standard InChI is InChI=1S/C10H14BrN3O/c11-8-4-1-2-5-9(8)15-7-3-6-14-10(12)13/h1-2,4-5H,3,6-7H2,(H4,12,13,14). The highest BCUT2D eigenvalue weighted by Gasteiger charge is 1.97. The second-order valence-electron chi connectivity index (χ2n) is 2.94. The quantitative estimate of drug-likeness (QED) is 0.484. The molecule has 5 heteroatoms. The zero-order valence-corrected chi connectivity index (χ0v) is 9.90. The fourth-order valence-corrected chi connectivity index (χ4v) is 1.42. The second-order valence-corrected chi connectivity index (χ2v) is 3.79. The largest absolute Gasteiger partial charge is 0.492 e. The highest BCUT2D eigenvalue weighted by Crippen LogP contribution is 2.23. The third-order valence-corrected chi connectivity index (χ3v) is 2.35. The Morgan fingerprint density at radius 1 is 1.33 bits per heavy atom. The van der Waals surface area contributed by atoms with Gasteiger partial charge in [0.15, 0.2) is 5.96 Å². The molecule has 1 aromatic rings. The summed E-state index contributed by atoms with van der Waals surface area (Å²) in [7, 11) is 0. The number of aliphatic imine (C=N–C) groups is 1. The van der Waals surface area contributed by atoms with Crippen molar-refractivity contribution in [1.29, 1.82) is 0 Å². The molecule has 0 atom stereocenters. The molecule has 0 radical (unpaired) electrons. The monoisotopic (exact) mass is 271 g/mol. The van der Waals surface area contributed by atoms with E-state index in [-0.39, 0.29) is 5.96 Å². The smallest absolute Gasteiger partial charge is 0.185 e. The summed E-state index contributed by atoms with van der Waals surface area (Å²) >= 11 is 3.40. The van der Waals surface area contributed by atoms with Crippen molar-refractivity contribution in [1.82, 2.24) is 0 Å². The lowest BCUT2D eigenvalue weighted by atomic mass is 10.3. The molecule has 0 aliphatic heterocycles. The van der Waals surface area contributed by atoms with Crippen molar-refractivity contribution < 1.29 is 4.74 Å². The lowest BCUT2D eigenvalue weighted by Gasteiger charge is -2.06. The summed E-state index contributed by atoms with van der Waals surface area (Å²) in [4.78, 5) is 3.86. The van der Waals surface area contributed by atoms with Crippen LogP contribution >= 0.6 is 15.9 Å². The molecule has 1 rings (SSSR count). The summed E-state index contributed by atoms with van der Waals surface area (Å²) < 4.78 is 6.47. The molecule has 0 fully saturated rings. The van der Waals surface area contributed by atoms with Crippen molar-refractivity contribution >= 4 is 21.9 Å².